The molecule has 2 heterocycles. The van der Waals surface area contributed by atoms with Crippen molar-refractivity contribution in [1.29, 1.82) is 0 Å². The van der Waals surface area contributed by atoms with E-state index in [-0.39, 0.29) is 59.4 Å². The first-order valence-corrected chi connectivity index (χ1v) is 24.1. The van der Waals surface area contributed by atoms with Gasteiger partial charge in [0.2, 0.25) is 0 Å². The van der Waals surface area contributed by atoms with Crippen molar-refractivity contribution in [1.82, 2.24) is 0 Å². The number of aliphatic hydroxyl groups is 2. The Labute approximate surface area is 303 Å². The molecule has 0 spiro atoms. The van der Waals surface area contributed by atoms with E-state index in [9.17, 15) is 10.2 Å². The van der Waals surface area contributed by atoms with E-state index in [1.165, 1.54) is 0 Å². The van der Waals surface area contributed by atoms with Crippen molar-refractivity contribution in [2.45, 2.75) is 53.2 Å². The quantitative estimate of drug-likeness (QED) is 0.266. The third-order valence-corrected chi connectivity index (χ3v) is 25.9. The Kier molecular flexibility index (Phi) is 16.0. The molecular weight excluding hydrogens is 1600 g/mol. The van der Waals surface area contributed by atoms with Gasteiger partial charge in [0.15, 0.2) is 0 Å². The molecule has 0 bridgehead atoms. The summed E-state index contributed by atoms with van der Waals surface area (Å²) in [6, 6.07) is 7.86. The molecule has 2 aliphatic rings. The molecule has 7 nitrogen and oxygen atoms in total. The van der Waals surface area contributed by atoms with Gasteiger partial charge in [-0.3, -0.25) is 0 Å². The van der Waals surface area contributed by atoms with Gasteiger partial charge in [0.1, 0.15) is 0 Å². The van der Waals surface area contributed by atoms with Crippen LogP contribution in [0, 0.1) is 23.7 Å². The van der Waals surface area contributed by atoms with E-state index in [4.69, 9.17) is 17.5 Å². The van der Waals surface area contributed by atoms with Crippen LogP contribution in [-0.2, 0) is 17.5 Å². The van der Waals surface area contributed by atoms with Gasteiger partial charge in [-0.15, -0.1) is 0 Å². The van der Waals surface area contributed by atoms with Crippen molar-refractivity contribution < 1.29 is 27.7 Å². The molecule has 2 N–H and O–H groups in total. The van der Waals surface area contributed by atoms with E-state index >= 15 is 0 Å². The summed E-state index contributed by atoms with van der Waals surface area (Å²) in [4.78, 5) is 0. The van der Waals surface area contributed by atoms with E-state index in [1.54, 1.807) is 0 Å². The zero-order valence-electron chi connectivity index (χ0n) is 18.9. The summed E-state index contributed by atoms with van der Waals surface area (Å²) in [7, 11) is 0. The predicted molar refractivity (Wildman–Crippen MR) is 132 cm³/mol. The zero-order valence-corrected chi connectivity index (χ0v) is 45.8. The molecule has 3 rings (SSSR count). The molecule has 35 heavy (non-hydrogen) atoms. The SMILES string of the molecule is OC[C@H]1O[C@H](C#Cc2ccc(C#C[C@H]3O[C@H](CO)[C@@H]([O][Tl])[C@H]([O][Tl])[C@@H]3[Tl])cc2)[C@@H]([O][Tl])[C@@H]([Tl])[C@@H]1[Tl]. The van der Waals surface area contributed by atoms with Gasteiger partial charge in [-0.05, 0) is 0 Å². The van der Waals surface area contributed by atoms with Crippen LogP contribution < -0.4 is 0 Å². The molecule has 2 fully saturated rings. The number of rotatable bonds is 5. The Bertz CT molecular complexity index is 946. The second-order valence-corrected chi connectivity index (χ2v) is 20.4. The van der Waals surface area contributed by atoms with Gasteiger partial charge in [-0.25, -0.2) is 0 Å². The molecule has 2 aliphatic heterocycles. The average Bonchev–Trinajstić information content (AvgIpc) is 2.88. The fraction of sp³-hybridized carbons (Fsp3) is 0.545. The number of hydrogen-bond donors (Lipinski definition) is 2. The topological polar surface area (TPSA) is 86.6 Å². The Hall–Kier alpha value is 3.59. The van der Waals surface area contributed by atoms with Crippen LogP contribution in [-0.4, -0.2) is 222 Å². The molecule has 0 amide bonds. The van der Waals surface area contributed by atoms with E-state index in [0.717, 1.165) is 62.7 Å². The molecule has 0 saturated carbocycles. The van der Waals surface area contributed by atoms with Gasteiger partial charge in [0.25, 0.3) is 0 Å². The van der Waals surface area contributed by atoms with E-state index < -0.39 is 0 Å². The molecule has 1 aromatic carbocycles. The van der Waals surface area contributed by atoms with Crippen LogP contribution in [0.4, 0.5) is 0 Å². The predicted octanol–water partition coefficient (Wildman–Crippen LogP) is -1.81. The maximum atomic E-state index is 9.76. The first-order chi connectivity index (χ1) is 16.9. The van der Waals surface area contributed by atoms with Crippen LogP contribution in [0.25, 0.3) is 0 Å². The molecule has 0 radical (unpaired) electrons. The summed E-state index contributed by atoms with van der Waals surface area (Å²) >= 11 is 3.39. The molecule has 1 aromatic rings. The summed E-state index contributed by atoms with van der Waals surface area (Å²) in [6.45, 7) is -0.0388. The van der Waals surface area contributed by atoms with Crippen molar-refractivity contribution in [3.05, 3.63) is 35.4 Å². The Morgan fingerprint density at radius 3 is 1.63 bits per heavy atom. The maximum absolute atomic E-state index is 9.76. The third kappa shape index (κ3) is 8.79. The van der Waals surface area contributed by atoms with E-state index in [2.05, 4.69) is 23.7 Å². The summed E-state index contributed by atoms with van der Waals surface area (Å²) in [5, 5.41) is 19.5. The van der Waals surface area contributed by atoms with Crippen LogP contribution in [0.15, 0.2) is 24.3 Å². The Morgan fingerprint density at radius 2 is 1.14 bits per heavy atom. The summed E-state index contributed by atoms with van der Waals surface area (Å²) in [5.74, 6) is 13.0. The first-order valence-electron chi connectivity index (χ1n) is 10.9. The van der Waals surface area contributed by atoms with Gasteiger partial charge in [-0.2, -0.15) is 0 Å². The van der Waals surface area contributed by atoms with Crippen LogP contribution >= 0.6 is 0 Å². The van der Waals surface area contributed by atoms with Gasteiger partial charge < -0.3 is 0 Å². The number of ether oxygens (including phenoxy) is 2. The van der Waals surface area contributed by atoms with Crippen molar-refractivity contribution in [2.75, 3.05) is 13.2 Å². The van der Waals surface area contributed by atoms with Crippen molar-refractivity contribution in [2.24, 2.45) is 0 Å². The number of hydrogen-bond acceptors (Lipinski definition) is 7. The second kappa shape index (κ2) is 16.9. The van der Waals surface area contributed by atoms with Crippen LogP contribution in [0.1, 0.15) is 11.1 Å². The van der Waals surface area contributed by atoms with E-state index in [1.807, 2.05) is 24.3 Å². The third-order valence-electron chi connectivity index (χ3n) is 6.05. The standard InChI is InChI=1S/C22H20O7.6Tl/c23-12-17-8-9-18(25)20(29-17)10-6-15-3-1-14(2-4-15)5-7-16-11-19(26)22(27)21(13-24)28-16;;;;;;/h1-4,8-9,11,16-24H,12-13H2;;;;;;/q-3;;;;3*+1/t16-,17+,18+,19-,20-,21-,22+;;;;;;/m1....../s1. The van der Waals surface area contributed by atoms with Crippen molar-refractivity contribution in [3.8, 4) is 23.7 Å². The molecule has 13 heteroatoms. The molecule has 2 saturated heterocycles. The molecule has 0 aromatic heterocycles. The van der Waals surface area contributed by atoms with Gasteiger partial charge in [-0.1, -0.05) is 0 Å². The molecule has 0 unspecified atom stereocenters. The Balaban J connectivity index is 1.71. The fourth-order valence-corrected chi connectivity index (χ4v) is 19.0. The zero-order chi connectivity index (χ0) is 25.5. The minimum atomic E-state index is -0.390. The van der Waals surface area contributed by atoms with E-state index in [0.29, 0.717) is 111 Å². The summed E-state index contributed by atoms with van der Waals surface area (Å²) in [6.07, 6.45) is -1.20. The minimum absolute atomic E-state index is 0.0267. The molecular formula is C22H20O7Tl6. The van der Waals surface area contributed by atoms with Gasteiger partial charge in [0.05, 0.1) is 0 Å². The van der Waals surface area contributed by atoms with Crippen LogP contribution in [0.3, 0.4) is 0 Å². The molecule has 10 atom stereocenters. The second-order valence-electron chi connectivity index (χ2n) is 8.21. The molecule has 168 valence electrons. The van der Waals surface area contributed by atoms with Crippen LogP contribution in [0.2, 0.25) is 10.4 Å². The summed E-state index contributed by atoms with van der Waals surface area (Å²) in [5.41, 5.74) is 1.79. The first kappa shape index (κ1) is 33.1. The number of aliphatic hydroxyl groups excluding tert-OH is 2. The molecule has 0 aliphatic carbocycles. The monoisotopic (exact) mass is 1630 g/mol. The van der Waals surface area contributed by atoms with Gasteiger partial charge in [0, 0.05) is 0 Å². The Morgan fingerprint density at radius 1 is 0.657 bits per heavy atom. The fourth-order valence-electron chi connectivity index (χ4n) is 3.98. The van der Waals surface area contributed by atoms with Crippen molar-refractivity contribution >= 4 is 156 Å². The number of benzene rings is 1. The van der Waals surface area contributed by atoms with Crippen LogP contribution in [0.5, 0.6) is 0 Å². The van der Waals surface area contributed by atoms with Crippen molar-refractivity contribution in [3.63, 3.8) is 0 Å². The summed E-state index contributed by atoms with van der Waals surface area (Å²) < 4.78 is 30.9. The normalized spacial score (nSPS) is 36.7. The van der Waals surface area contributed by atoms with Gasteiger partial charge >= 0.3 is 309 Å². The average molecular weight is 1620 g/mol.